The zero-order valence-corrected chi connectivity index (χ0v) is 21.9. The van der Waals surface area contributed by atoms with E-state index in [1.54, 1.807) is 32.6 Å². The maximum absolute atomic E-state index is 13.1. The first kappa shape index (κ1) is 25.2. The minimum Gasteiger partial charge on any atom is -0.493 e. The number of methoxy groups -OCH3 is 2. The first-order valence-corrected chi connectivity index (χ1v) is 13.7. The molecule has 0 fully saturated rings. The number of nitrogens with zero attached hydrogens (tertiary/aromatic N) is 3. The number of ether oxygens (including phenoxy) is 2. The number of thioether (sulfide) groups is 1. The van der Waals surface area contributed by atoms with Crippen LogP contribution in [0.2, 0.25) is 0 Å². The van der Waals surface area contributed by atoms with Crippen molar-refractivity contribution in [2.45, 2.75) is 36.2 Å². The van der Waals surface area contributed by atoms with Gasteiger partial charge in [0.1, 0.15) is 5.76 Å². The summed E-state index contributed by atoms with van der Waals surface area (Å²) in [6.07, 6.45) is 1.64. The molecule has 2 heterocycles. The fourth-order valence-corrected chi connectivity index (χ4v) is 6.46. The van der Waals surface area contributed by atoms with Crippen LogP contribution in [0.25, 0.3) is 11.0 Å². The zero-order valence-electron chi connectivity index (χ0n) is 20.2. The number of aromatic nitrogens is 2. The van der Waals surface area contributed by atoms with E-state index in [1.165, 1.54) is 16.1 Å². The van der Waals surface area contributed by atoms with E-state index in [0.717, 1.165) is 22.0 Å². The Balaban J connectivity index is 1.74. The predicted octanol–water partition coefficient (Wildman–Crippen LogP) is 5.02. The molecule has 10 heteroatoms. The highest BCUT2D eigenvalue weighted by molar-refractivity contribution is 7.98. The number of fused-ring (bicyclic) bond motifs is 1. The van der Waals surface area contributed by atoms with Gasteiger partial charge < -0.3 is 18.5 Å². The molecule has 0 saturated heterocycles. The lowest BCUT2D eigenvalue weighted by Crippen LogP contribution is -2.30. The average molecular weight is 516 g/mol. The molecule has 0 spiro atoms. The maximum atomic E-state index is 13.1. The lowest BCUT2D eigenvalue weighted by atomic mass is 10.2. The Bertz CT molecular complexity index is 1390. The first-order chi connectivity index (χ1) is 16.9. The van der Waals surface area contributed by atoms with Gasteiger partial charge in [-0.25, -0.2) is 13.4 Å². The molecule has 2 aromatic carbocycles. The van der Waals surface area contributed by atoms with Crippen molar-refractivity contribution in [1.82, 2.24) is 13.9 Å². The molecule has 35 heavy (non-hydrogen) atoms. The van der Waals surface area contributed by atoms with Crippen molar-refractivity contribution in [3.05, 3.63) is 66.1 Å². The third kappa shape index (κ3) is 5.05. The van der Waals surface area contributed by atoms with E-state index < -0.39 is 10.0 Å². The molecule has 0 amide bonds. The largest absolute Gasteiger partial charge is 0.493 e. The van der Waals surface area contributed by atoms with Gasteiger partial charge in [0, 0.05) is 24.4 Å². The van der Waals surface area contributed by atoms with E-state index in [-0.39, 0.29) is 4.90 Å². The van der Waals surface area contributed by atoms with Gasteiger partial charge in [-0.15, -0.1) is 0 Å². The highest BCUT2D eigenvalue weighted by Gasteiger charge is 2.23. The molecule has 0 radical (unpaired) electrons. The van der Waals surface area contributed by atoms with Crippen LogP contribution in [-0.4, -0.2) is 49.6 Å². The summed E-state index contributed by atoms with van der Waals surface area (Å²) in [5.74, 6) is 2.72. The second kappa shape index (κ2) is 10.8. The van der Waals surface area contributed by atoms with E-state index in [9.17, 15) is 8.42 Å². The van der Waals surface area contributed by atoms with Crippen LogP contribution in [-0.2, 0) is 22.3 Å². The Kier molecular flexibility index (Phi) is 7.73. The molecule has 0 atom stereocenters. The average Bonchev–Trinajstić information content (AvgIpc) is 3.50. The SMILES string of the molecule is CCN(CC)S(=O)(=O)c1ccc2c(c1)nc(SCc1cccc(OC)c1OC)n2Cc1ccco1. The Hall–Kier alpha value is -2.95. The Labute approximate surface area is 209 Å². The molecule has 0 aliphatic carbocycles. The van der Waals surface area contributed by atoms with E-state index in [1.807, 2.05) is 54.8 Å². The van der Waals surface area contributed by atoms with Gasteiger partial charge in [-0.3, -0.25) is 0 Å². The van der Waals surface area contributed by atoms with Crippen LogP contribution in [0.1, 0.15) is 25.2 Å². The van der Waals surface area contributed by atoms with Crippen molar-refractivity contribution in [1.29, 1.82) is 0 Å². The van der Waals surface area contributed by atoms with Gasteiger partial charge in [0.2, 0.25) is 10.0 Å². The van der Waals surface area contributed by atoms with E-state index in [4.69, 9.17) is 18.9 Å². The van der Waals surface area contributed by atoms with Crippen LogP contribution in [0.5, 0.6) is 11.5 Å². The highest BCUT2D eigenvalue weighted by Crippen LogP contribution is 2.36. The normalized spacial score (nSPS) is 11.9. The van der Waals surface area contributed by atoms with Crippen molar-refractivity contribution in [3.8, 4) is 11.5 Å². The summed E-state index contributed by atoms with van der Waals surface area (Å²) in [4.78, 5) is 5.06. The van der Waals surface area contributed by atoms with Crippen molar-refractivity contribution in [2.75, 3.05) is 27.3 Å². The van der Waals surface area contributed by atoms with Crippen LogP contribution < -0.4 is 9.47 Å². The number of furan rings is 1. The van der Waals surface area contributed by atoms with Gasteiger partial charge in [-0.2, -0.15) is 4.31 Å². The molecule has 0 bridgehead atoms. The van der Waals surface area contributed by atoms with Gasteiger partial charge in [-0.1, -0.05) is 37.7 Å². The fraction of sp³-hybridized carbons (Fsp3) is 0.320. The maximum Gasteiger partial charge on any atom is 0.243 e. The third-order valence-electron chi connectivity index (χ3n) is 5.76. The monoisotopic (exact) mass is 515 g/mol. The minimum absolute atomic E-state index is 0.238. The van der Waals surface area contributed by atoms with Crippen molar-refractivity contribution in [2.24, 2.45) is 0 Å². The topological polar surface area (TPSA) is 86.8 Å². The molecule has 186 valence electrons. The van der Waals surface area contributed by atoms with Gasteiger partial charge in [0.05, 0.1) is 43.0 Å². The molecular formula is C25H29N3O5S2. The number of benzene rings is 2. The second-order valence-corrected chi connectivity index (χ2v) is 10.6. The highest BCUT2D eigenvalue weighted by atomic mass is 32.2. The van der Waals surface area contributed by atoms with Crippen LogP contribution in [0.3, 0.4) is 0 Å². The summed E-state index contributed by atoms with van der Waals surface area (Å²) in [7, 11) is -0.356. The van der Waals surface area contributed by atoms with Crippen molar-refractivity contribution >= 4 is 32.8 Å². The number of rotatable bonds is 11. The van der Waals surface area contributed by atoms with E-state index in [2.05, 4.69) is 0 Å². The summed E-state index contributed by atoms with van der Waals surface area (Å²) in [5, 5.41) is 0.749. The Morgan fingerprint density at radius 3 is 2.51 bits per heavy atom. The first-order valence-electron chi connectivity index (χ1n) is 11.3. The molecule has 0 aliphatic rings. The van der Waals surface area contributed by atoms with Crippen LogP contribution in [0.15, 0.2) is 69.3 Å². The van der Waals surface area contributed by atoms with Crippen LogP contribution in [0.4, 0.5) is 0 Å². The van der Waals surface area contributed by atoms with Crippen molar-refractivity contribution in [3.63, 3.8) is 0 Å². The lowest BCUT2D eigenvalue weighted by Gasteiger charge is -2.18. The second-order valence-electron chi connectivity index (χ2n) is 7.74. The molecular weight excluding hydrogens is 486 g/mol. The molecule has 4 aromatic rings. The van der Waals surface area contributed by atoms with Crippen LogP contribution in [0, 0.1) is 0 Å². The predicted molar refractivity (Wildman–Crippen MR) is 137 cm³/mol. The zero-order chi connectivity index (χ0) is 25.0. The standard InChI is InChI=1S/C25H29N3O5S2/c1-5-27(6-2)35(29,30)20-12-13-22-21(15-20)26-25(28(22)16-19-10-8-14-33-19)34-17-18-9-7-11-23(31-3)24(18)32-4/h7-15H,5-6,16-17H2,1-4H3. The Morgan fingerprint density at radius 2 is 1.86 bits per heavy atom. The summed E-state index contributed by atoms with van der Waals surface area (Å²) in [6, 6.07) is 14.6. The van der Waals surface area contributed by atoms with Crippen molar-refractivity contribution < 1.29 is 22.3 Å². The summed E-state index contributed by atoms with van der Waals surface area (Å²) in [6.45, 7) is 4.96. The van der Waals surface area contributed by atoms with Crippen LogP contribution >= 0.6 is 11.8 Å². The van der Waals surface area contributed by atoms with Gasteiger partial charge in [0.15, 0.2) is 16.7 Å². The molecule has 8 nitrogen and oxygen atoms in total. The lowest BCUT2D eigenvalue weighted by molar-refractivity contribution is 0.352. The fourth-order valence-electron chi connectivity index (χ4n) is 3.99. The summed E-state index contributed by atoms with van der Waals surface area (Å²) >= 11 is 1.54. The number of hydrogen-bond donors (Lipinski definition) is 0. The molecule has 0 aliphatic heterocycles. The van der Waals surface area contributed by atoms with Gasteiger partial charge in [0.25, 0.3) is 0 Å². The molecule has 2 aromatic heterocycles. The molecule has 4 rings (SSSR count). The van der Waals surface area contributed by atoms with E-state index >= 15 is 0 Å². The number of para-hydroxylation sites is 1. The summed E-state index contributed by atoms with van der Waals surface area (Å²) in [5.41, 5.74) is 2.42. The smallest absolute Gasteiger partial charge is 0.243 e. The third-order valence-corrected chi connectivity index (χ3v) is 8.83. The van der Waals surface area contributed by atoms with Gasteiger partial charge in [-0.05, 0) is 36.4 Å². The summed E-state index contributed by atoms with van der Waals surface area (Å²) < 4.78 is 46.2. The molecule has 0 N–H and O–H groups in total. The Morgan fingerprint density at radius 1 is 1.06 bits per heavy atom. The van der Waals surface area contributed by atoms with E-state index in [0.29, 0.717) is 42.4 Å². The minimum atomic E-state index is -3.59. The number of sulfonamides is 1. The number of imidazole rings is 1. The van der Waals surface area contributed by atoms with Gasteiger partial charge >= 0.3 is 0 Å². The molecule has 0 saturated carbocycles. The number of hydrogen-bond acceptors (Lipinski definition) is 7. The molecule has 0 unspecified atom stereocenters. The quantitative estimate of drug-likeness (QED) is 0.259.